The van der Waals surface area contributed by atoms with Crippen molar-refractivity contribution in [3.05, 3.63) is 37.0 Å². The van der Waals surface area contributed by atoms with Crippen molar-refractivity contribution < 1.29 is 9.53 Å². The van der Waals surface area contributed by atoms with Crippen LogP contribution in [0.5, 0.6) is 0 Å². The van der Waals surface area contributed by atoms with Crippen molar-refractivity contribution >= 4 is 5.97 Å². The van der Waals surface area contributed by atoms with E-state index >= 15 is 0 Å². The highest BCUT2D eigenvalue weighted by Gasteiger charge is 1.90. The molecule has 0 rings (SSSR count). The maximum Gasteiger partial charge on any atom is 0.330 e. The van der Waals surface area contributed by atoms with E-state index in [1.165, 1.54) is 6.08 Å². The van der Waals surface area contributed by atoms with Gasteiger partial charge >= 0.3 is 5.97 Å². The Morgan fingerprint density at radius 1 is 1.38 bits per heavy atom. The molecule has 2 nitrogen and oxygen atoms in total. The van der Waals surface area contributed by atoms with Gasteiger partial charge in [0.1, 0.15) is 0 Å². The number of esters is 1. The Morgan fingerprint density at radius 3 is 2.69 bits per heavy atom. The molecular weight excluding hydrogens is 164 g/mol. The molecule has 0 saturated carbocycles. The van der Waals surface area contributed by atoms with Crippen molar-refractivity contribution in [2.75, 3.05) is 6.61 Å². The van der Waals surface area contributed by atoms with Gasteiger partial charge in [-0.15, -0.1) is 0 Å². The Balaban J connectivity index is 3.34. The quantitative estimate of drug-likeness (QED) is 0.272. The zero-order valence-electron chi connectivity index (χ0n) is 8.03. The molecule has 0 unspecified atom stereocenters. The minimum Gasteiger partial charge on any atom is -0.462 e. The molecule has 0 aliphatic rings. The van der Waals surface area contributed by atoms with E-state index in [9.17, 15) is 4.79 Å². The molecule has 0 radical (unpaired) electrons. The van der Waals surface area contributed by atoms with Crippen LogP contribution >= 0.6 is 0 Å². The van der Waals surface area contributed by atoms with Crippen molar-refractivity contribution in [3.8, 4) is 0 Å². The lowest BCUT2D eigenvalue weighted by Crippen LogP contribution is -2.00. The van der Waals surface area contributed by atoms with Gasteiger partial charge in [0.2, 0.25) is 0 Å². The summed E-state index contributed by atoms with van der Waals surface area (Å²) in [6.07, 6.45) is 10.9. The van der Waals surface area contributed by atoms with Crippen molar-refractivity contribution in [2.45, 2.75) is 19.8 Å². The molecule has 0 aliphatic heterocycles. The highest BCUT2D eigenvalue weighted by atomic mass is 16.5. The fourth-order valence-electron chi connectivity index (χ4n) is 0.676. The number of allylic oxidation sites excluding steroid dienone is 3. The summed E-state index contributed by atoms with van der Waals surface area (Å²) >= 11 is 0. The van der Waals surface area contributed by atoms with Crippen LogP contribution in [0.2, 0.25) is 0 Å². The van der Waals surface area contributed by atoms with Gasteiger partial charge in [0.05, 0.1) is 6.61 Å². The lowest BCUT2D eigenvalue weighted by molar-refractivity contribution is -0.137. The van der Waals surface area contributed by atoms with Crippen LogP contribution in [0.3, 0.4) is 0 Å². The van der Waals surface area contributed by atoms with E-state index in [1.54, 1.807) is 0 Å². The van der Waals surface area contributed by atoms with Crippen molar-refractivity contribution in [1.82, 2.24) is 0 Å². The van der Waals surface area contributed by atoms with Gasteiger partial charge in [-0.2, -0.15) is 0 Å². The second-order valence-corrected chi connectivity index (χ2v) is 2.42. The van der Waals surface area contributed by atoms with Crippen LogP contribution in [0.4, 0.5) is 0 Å². The van der Waals surface area contributed by atoms with Crippen LogP contribution in [0.15, 0.2) is 37.0 Å². The molecule has 0 aromatic heterocycles. The first-order chi connectivity index (χ1) is 6.31. The van der Waals surface area contributed by atoms with E-state index in [0.29, 0.717) is 6.61 Å². The van der Waals surface area contributed by atoms with Crippen LogP contribution in [0.1, 0.15) is 19.8 Å². The SMILES string of the molecule is C=CC(=O)OCC/C=C/C=C/CC. The Kier molecular flexibility index (Phi) is 7.90. The molecule has 0 fully saturated rings. The van der Waals surface area contributed by atoms with Gasteiger partial charge in [-0.1, -0.05) is 37.8 Å². The Bertz CT molecular complexity index is 202. The molecule has 0 aromatic rings. The van der Waals surface area contributed by atoms with Crippen LogP contribution in [-0.2, 0) is 9.53 Å². The second kappa shape index (κ2) is 8.78. The summed E-state index contributed by atoms with van der Waals surface area (Å²) in [6, 6.07) is 0. The average Bonchev–Trinajstić information content (AvgIpc) is 2.16. The third kappa shape index (κ3) is 8.60. The van der Waals surface area contributed by atoms with Gasteiger partial charge in [-0.05, 0) is 12.8 Å². The van der Waals surface area contributed by atoms with E-state index in [2.05, 4.69) is 19.6 Å². The topological polar surface area (TPSA) is 26.3 Å². The fourth-order valence-corrected chi connectivity index (χ4v) is 0.676. The molecule has 0 bridgehead atoms. The molecule has 0 aromatic carbocycles. The van der Waals surface area contributed by atoms with E-state index in [0.717, 1.165) is 12.8 Å². The predicted octanol–water partition coefficient (Wildman–Crippen LogP) is 2.63. The summed E-state index contributed by atoms with van der Waals surface area (Å²) in [4.78, 5) is 10.6. The molecule has 0 amide bonds. The van der Waals surface area contributed by atoms with Crippen LogP contribution < -0.4 is 0 Å². The number of hydrogen-bond acceptors (Lipinski definition) is 2. The number of ether oxygens (including phenoxy) is 1. The molecule has 2 heteroatoms. The van der Waals surface area contributed by atoms with E-state index in [4.69, 9.17) is 4.74 Å². The number of hydrogen-bond donors (Lipinski definition) is 0. The summed E-state index contributed by atoms with van der Waals surface area (Å²) in [6.45, 7) is 5.79. The van der Waals surface area contributed by atoms with Crippen LogP contribution in [-0.4, -0.2) is 12.6 Å². The zero-order valence-corrected chi connectivity index (χ0v) is 8.03. The summed E-state index contributed by atoms with van der Waals surface area (Å²) in [5.74, 6) is -0.363. The summed E-state index contributed by atoms with van der Waals surface area (Å²) in [7, 11) is 0. The van der Waals surface area contributed by atoms with Crippen molar-refractivity contribution in [2.24, 2.45) is 0 Å². The standard InChI is InChI=1S/C11H16O2/c1-3-5-6-7-8-9-10-13-11(12)4-2/h4-8H,2-3,9-10H2,1H3/b6-5+,8-7+. The van der Waals surface area contributed by atoms with Crippen LogP contribution in [0.25, 0.3) is 0 Å². The van der Waals surface area contributed by atoms with E-state index < -0.39 is 0 Å². The second-order valence-electron chi connectivity index (χ2n) is 2.42. The summed E-state index contributed by atoms with van der Waals surface area (Å²) < 4.78 is 4.77. The highest BCUT2D eigenvalue weighted by Crippen LogP contribution is 1.88. The van der Waals surface area contributed by atoms with E-state index in [1.807, 2.05) is 18.2 Å². The molecular formula is C11H16O2. The highest BCUT2D eigenvalue weighted by molar-refractivity contribution is 5.81. The predicted molar refractivity (Wildman–Crippen MR) is 54.3 cm³/mol. The fraction of sp³-hybridized carbons (Fsp3) is 0.364. The summed E-state index contributed by atoms with van der Waals surface area (Å²) in [5.41, 5.74) is 0. The molecule has 0 N–H and O–H groups in total. The normalized spacial score (nSPS) is 10.8. The van der Waals surface area contributed by atoms with Gasteiger partial charge < -0.3 is 4.74 Å². The monoisotopic (exact) mass is 180 g/mol. The minimum atomic E-state index is -0.363. The molecule has 0 saturated heterocycles. The third-order valence-electron chi connectivity index (χ3n) is 1.31. The first-order valence-corrected chi connectivity index (χ1v) is 4.42. The Hall–Kier alpha value is -1.31. The van der Waals surface area contributed by atoms with Gasteiger partial charge in [-0.25, -0.2) is 4.79 Å². The average molecular weight is 180 g/mol. The lowest BCUT2D eigenvalue weighted by Gasteiger charge is -1.96. The van der Waals surface area contributed by atoms with Gasteiger partial charge in [0, 0.05) is 6.08 Å². The minimum absolute atomic E-state index is 0.363. The van der Waals surface area contributed by atoms with Gasteiger partial charge in [0.25, 0.3) is 0 Å². The lowest BCUT2D eigenvalue weighted by atomic mass is 10.3. The maximum absolute atomic E-state index is 10.6. The first kappa shape index (κ1) is 11.7. The van der Waals surface area contributed by atoms with Crippen LogP contribution in [0, 0.1) is 0 Å². The molecule has 0 heterocycles. The zero-order chi connectivity index (χ0) is 9.94. The first-order valence-electron chi connectivity index (χ1n) is 4.42. The number of carbonyl (C=O) groups excluding carboxylic acids is 1. The largest absolute Gasteiger partial charge is 0.462 e. The number of rotatable bonds is 6. The maximum atomic E-state index is 10.6. The third-order valence-corrected chi connectivity index (χ3v) is 1.31. The molecule has 0 aliphatic carbocycles. The number of carbonyl (C=O) groups is 1. The smallest absolute Gasteiger partial charge is 0.330 e. The Labute approximate surface area is 79.6 Å². The summed E-state index contributed by atoms with van der Waals surface area (Å²) in [5, 5.41) is 0. The van der Waals surface area contributed by atoms with E-state index in [-0.39, 0.29) is 5.97 Å². The van der Waals surface area contributed by atoms with Crippen molar-refractivity contribution in [1.29, 1.82) is 0 Å². The van der Waals surface area contributed by atoms with Crippen molar-refractivity contribution in [3.63, 3.8) is 0 Å². The Morgan fingerprint density at radius 2 is 2.08 bits per heavy atom. The molecule has 72 valence electrons. The van der Waals surface area contributed by atoms with Gasteiger partial charge in [-0.3, -0.25) is 0 Å². The molecule has 0 atom stereocenters. The van der Waals surface area contributed by atoms with Gasteiger partial charge in [0.15, 0.2) is 0 Å². The molecule has 13 heavy (non-hydrogen) atoms. The molecule has 0 spiro atoms.